The van der Waals surface area contributed by atoms with Crippen LogP contribution in [0.4, 0.5) is 0 Å². The van der Waals surface area contributed by atoms with E-state index >= 15 is 0 Å². The number of carbonyl (C=O) groups is 3. The molecule has 170 valence electrons. The molecule has 0 aliphatic heterocycles. The summed E-state index contributed by atoms with van der Waals surface area (Å²) in [6, 6.07) is 26.2. The number of hydrogen-bond acceptors (Lipinski definition) is 4. The van der Waals surface area contributed by atoms with E-state index in [9.17, 15) is 19.5 Å². The SMILES string of the molecule is CC(NC(=O)c1ccccc1)C(=O)NC(CSC(c1ccccc1)c1ccccc1)C(=O)O. The van der Waals surface area contributed by atoms with Gasteiger partial charge in [0.05, 0.1) is 5.25 Å². The van der Waals surface area contributed by atoms with E-state index in [1.165, 1.54) is 18.7 Å². The number of benzene rings is 3. The number of carboxylic acid groups (broad SMARTS) is 1. The van der Waals surface area contributed by atoms with E-state index < -0.39 is 29.9 Å². The van der Waals surface area contributed by atoms with Gasteiger partial charge >= 0.3 is 5.97 Å². The first-order valence-electron chi connectivity index (χ1n) is 10.6. The van der Waals surface area contributed by atoms with Crippen molar-refractivity contribution in [3.8, 4) is 0 Å². The third-order valence-electron chi connectivity index (χ3n) is 5.03. The van der Waals surface area contributed by atoms with Crippen molar-refractivity contribution in [2.75, 3.05) is 5.75 Å². The molecule has 3 N–H and O–H groups in total. The highest BCUT2D eigenvalue weighted by molar-refractivity contribution is 7.99. The summed E-state index contributed by atoms with van der Waals surface area (Å²) in [5.74, 6) is -1.91. The molecule has 0 saturated carbocycles. The Bertz CT molecular complexity index is 1020. The second-order valence-electron chi connectivity index (χ2n) is 7.50. The van der Waals surface area contributed by atoms with Crippen LogP contribution in [0.2, 0.25) is 0 Å². The average Bonchev–Trinajstić information content (AvgIpc) is 2.85. The third-order valence-corrected chi connectivity index (χ3v) is 6.43. The number of carboxylic acids is 1. The first kappa shape index (κ1) is 24.1. The van der Waals surface area contributed by atoms with Gasteiger partial charge in [0, 0.05) is 11.3 Å². The van der Waals surface area contributed by atoms with E-state index in [1.54, 1.807) is 30.3 Å². The lowest BCUT2D eigenvalue weighted by Crippen LogP contribution is -2.51. The van der Waals surface area contributed by atoms with Gasteiger partial charge in [0.1, 0.15) is 12.1 Å². The molecule has 2 unspecified atom stereocenters. The molecule has 3 aromatic rings. The Morgan fingerprint density at radius 1 is 0.788 bits per heavy atom. The molecule has 0 bridgehead atoms. The number of hydrogen-bond donors (Lipinski definition) is 3. The quantitative estimate of drug-likeness (QED) is 0.425. The Morgan fingerprint density at radius 3 is 1.76 bits per heavy atom. The largest absolute Gasteiger partial charge is 0.480 e. The highest BCUT2D eigenvalue weighted by Crippen LogP contribution is 2.35. The molecule has 0 saturated heterocycles. The lowest BCUT2D eigenvalue weighted by molar-refractivity contribution is -0.141. The van der Waals surface area contributed by atoms with Gasteiger partial charge in [0.15, 0.2) is 0 Å². The molecule has 0 fully saturated rings. The predicted molar refractivity (Wildman–Crippen MR) is 130 cm³/mol. The minimum absolute atomic E-state index is 0.0821. The molecule has 0 aliphatic carbocycles. The fourth-order valence-electron chi connectivity index (χ4n) is 3.24. The van der Waals surface area contributed by atoms with Gasteiger partial charge in [-0.3, -0.25) is 9.59 Å². The highest BCUT2D eigenvalue weighted by atomic mass is 32.2. The van der Waals surface area contributed by atoms with E-state index in [4.69, 9.17) is 0 Å². The molecule has 6 nitrogen and oxygen atoms in total. The van der Waals surface area contributed by atoms with Crippen LogP contribution in [0.1, 0.15) is 33.7 Å². The Morgan fingerprint density at radius 2 is 1.27 bits per heavy atom. The zero-order valence-electron chi connectivity index (χ0n) is 18.2. The van der Waals surface area contributed by atoms with Crippen molar-refractivity contribution >= 4 is 29.5 Å². The smallest absolute Gasteiger partial charge is 0.327 e. The van der Waals surface area contributed by atoms with Crippen molar-refractivity contribution in [3.63, 3.8) is 0 Å². The van der Waals surface area contributed by atoms with E-state index in [0.29, 0.717) is 5.56 Å². The number of nitrogens with one attached hydrogen (secondary N) is 2. The minimum Gasteiger partial charge on any atom is -0.480 e. The maximum atomic E-state index is 12.6. The molecule has 0 aromatic heterocycles. The van der Waals surface area contributed by atoms with Crippen LogP contribution in [-0.4, -0.2) is 40.7 Å². The Hall–Kier alpha value is -3.58. The van der Waals surface area contributed by atoms with Crippen LogP contribution in [0.3, 0.4) is 0 Å². The van der Waals surface area contributed by atoms with Gasteiger partial charge in [-0.2, -0.15) is 0 Å². The lowest BCUT2D eigenvalue weighted by Gasteiger charge is -2.22. The van der Waals surface area contributed by atoms with Crippen LogP contribution in [0, 0.1) is 0 Å². The van der Waals surface area contributed by atoms with Gasteiger partial charge in [0.2, 0.25) is 5.91 Å². The molecule has 33 heavy (non-hydrogen) atoms. The van der Waals surface area contributed by atoms with Crippen LogP contribution in [-0.2, 0) is 9.59 Å². The van der Waals surface area contributed by atoms with Crippen molar-refractivity contribution in [2.24, 2.45) is 0 Å². The Labute approximate surface area is 197 Å². The topological polar surface area (TPSA) is 95.5 Å². The summed E-state index contributed by atoms with van der Waals surface area (Å²) in [7, 11) is 0. The zero-order valence-corrected chi connectivity index (χ0v) is 19.0. The Balaban J connectivity index is 1.65. The van der Waals surface area contributed by atoms with Gasteiger partial charge in [0.25, 0.3) is 5.91 Å². The van der Waals surface area contributed by atoms with Crippen LogP contribution < -0.4 is 10.6 Å². The Kier molecular flexibility index (Phi) is 8.66. The summed E-state index contributed by atoms with van der Waals surface area (Å²) >= 11 is 1.45. The third kappa shape index (κ3) is 6.95. The summed E-state index contributed by atoms with van der Waals surface area (Å²) in [6.45, 7) is 1.53. The second-order valence-corrected chi connectivity index (χ2v) is 8.63. The summed E-state index contributed by atoms with van der Waals surface area (Å²) in [4.78, 5) is 36.8. The summed E-state index contributed by atoms with van der Waals surface area (Å²) in [5.41, 5.74) is 2.52. The van der Waals surface area contributed by atoms with E-state index in [0.717, 1.165) is 11.1 Å². The van der Waals surface area contributed by atoms with Gasteiger partial charge < -0.3 is 15.7 Å². The molecular formula is C26H26N2O4S. The standard InChI is InChI=1S/C26H26N2O4S/c1-18(27-25(30)21-15-9-4-10-16-21)24(29)28-22(26(31)32)17-33-23(19-11-5-2-6-12-19)20-13-7-3-8-14-20/h2-16,18,22-23H,17H2,1H3,(H,27,30)(H,28,29)(H,31,32). The molecule has 7 heteroatoms. The maximum Gasteiger partial charge on any atom is 0.327 e. The monoisotopic (exact) mass is 462 g/mol. The number of thioether (sulfide) groups is 1. The maximum absolute atomic E-state index is 12.6. The molecule has 0 spiro atoms. The van der Waals surface area contributed by atoms with Gasteiger partial charge in [-0.05, 0) is 30.2 Å². The predicted octanol–water partition coefficient (Wildman–Crippen LogP) is 3.90. The molecule has 2 amide bonds. The van der Waals surface area contributed by atoms with Gasteiger partial charge in [-0.1, -0.05) is 78.9 Å². The first-order chi connectivity index (χ1) is 16.0. The summed E-state index contributed by atoms with van der Waals surface area (Å²) < 4.78 is 0. The average molecular weight is 463 g/mol. The normalized spacial score (nSPS) is 12.5. The van der Waals surface area contributed by atoms with Gasteiger partial charge in [-0.25, -0.2) is 4.79 Å². The summed E-state index contributed by atoms with van der Waals surface area (Å²) in [5, 5.41) is 14.8. The molecule has 0 aliphatic rings. The number of rotatable bonds is 10. The van der Waals surface area contributed by atoms with Crippen molar-refractivity contribution in [1.82, 2.24) is 10.6 Å². The molecular weight excluding hydrogens is 436 g/mol. The molecule has 2 atom stereocenters. The van der Waals surface area contributed by atoms with E-state index in [2.05, 4.69) is 10.6 Å². The first-order valence-corrected chi connectivity index (χ1v) is 11.6. The second kappa shape index (κ2) is 11.9. The summed E-state index contributed by atoms with van der Waals surface area (Å²) in [6.07, 6.45) is 0. The number of aliphatic carboxylic acids is 1. The van der Waals surface area contributed by atoms with E-state index in [1.807, 2.05) is 60.7 Å². The van der Waals surface area contributed by atoms with Crippen LogP contribution in [0.15, 0.2) is 91.0 Å². The fraction of sp³-hybridized carbons (Fsp3) is 0.192. The van der Waals surface area contributed by atoms with Crippen LogP contribution >= 0.6 is 11.8 Å². The van der Waals surface area contributed by atoms with Gasteiger partial charge in [-0.15, -0.1) is 11.8 Å². The molecule has 0 radical (unpaired) electrons. The van der Waals surface area contributed by atoms with Crippen molar-refractivity contribution in [3.05, 3.63) is 108 Å². The minimum atomic E-state index is -1.13. The van der Waals surface area contributed by atoms with Crippen LogP contribution in [0.5, 0.6) is 0 Å². The molecule has 0 heterocycles. The number of amides is 2. The van der Waals surface area contributed by atoms with Crippen molar-refractivity contribution in [1.29, 1.82) is 0 Å². The molecule has 3 aromatic carbocycles. The van der Waals surface area contributed by atoms with Crippen molar-refractivity contribution in [2.45, 2.75) is 24.3 Å². The van der Waals surface area contributed by atoms with E-state index in [-0.39, 0.29) is 11.0 Å². The molecule has 3 rings (SSSR count). The van der Waals surface area contributed by atoms with Crippen molar-refractivity contribution < 1.29 is 19.5 Å². The fourth-order valence-corrected chi connectivity index (χ4v) is 4.55. The highest BCUT2D eigenvalue weighted by Gasteiger charge is 2.26. The number of carbonyl (C=O) groups excluding carboxylic acids is 2. The lowest BCUT2D eigenvalue weighted by atomic mass is 10.0. The zero-order chi connectivity index (χ0) is 23.6. The van der Waals surface area contributed by atoms with Crippen LogP contribution in [0.25, 0.3) is 0 Å².